The number of rotatable bonds is 17. The summed E-state index contributed by atoms with van der Waals surface area (Å²) in [6, 6.07) is 1.04. The molecule has 0 aliphatic heterocycles. The van der Waals surface area contributed by atoms with Gasteiger partial charge in [-0.3, -0.25) is 24.2 Å². The van der Waals surface area contributed by atoms with E-state index in [1.807, 2.05) is 0 Å². The van der Waals surface area contributed by atoms with Crippen molar-refractivity contribution in [2.24, 2.45) is 33.8 Å². The maximum atomic E-state index is 13.2. The van der Waals surface area contributed by atoms with Crippen molar-refractivity contribution >= 4 is 35.6 Å². The largest absolute Gasteiger partial charge is 0.508 e. The van der Waals surface area contributed by atoms with Crippen molar-refractivity contribution in [1.29, 1.82) is 0 Å². The van der Waals surface area contributed by atoms with E-state index in [1.165, 1.54) is 12.1 Å². The summed E-state index contributed by atoms with van der Waals surface area (Å²) < 4.78 is 0. The van der Waals surface area contributed by atoms with Crippen LogP contribution in [0.4, 0.5) is 0 Å². The Balaban J connectivity index is 3.07. The summed E-state index contributed by atoms with van der Waals surface area (Å²) in [5.74, 6) is -5.17. The van der Waals surface area contributed by atoms with E-state index in [0.717, 1.165) is 0 Å². The van der Waals surface area contributed by atoms with Crippen LogP contribution in [0.2, 0.25) is 0 Å². The number of guanidine groups is 1. The first-order valence-electron chi connectivity index (χ1n) is 12.8. The molecule has 0 aliphatic rings. The molecule has 13 N–H and O–H groups in total. The molecule has 4 amide bonds. The van der Waals surface area contributed by atoms with E-state index in [1.54, 1.807) is 26.0 Å². The highest BCUT2D eigenvalue weighted by Crippen LogP contribution is 2.12. The number of aliphatic imine (C=N–C) groups is 1. The van der Waals surface area contributed by atoms with Gasteiger partial charge in [0.05, 0.1) is 12.5 Å². The maximum absolute atomic E-state index is 13.2. The number of hydrogen-bond acceptors (Lipinski definition) is 8. The van der Waals surface area contributed by atoms with Gasteiger partial charge in [-0.15, -0.1) is 0 Å². The van der Waals surface area contributed by atoms with Crippen molar-refractivity contribution in [3.05, 3.63) is 29.8 Å². The number of primary amides is 1. The molecule has 0 spiro atoms. The average Bonchev–Trinajstić information content (AvgIpc) is 2.88. The molecule has 15 nitrogen and oxygen atoms in total. The van der Waals surface area contributed by atoms with Crippen LogP contribution in [-0.4, -0.2) is 76.5 Å². The molecule has 0 heterocycles. The number of aliphatic carboxylic acids is 1. The molecular weight excluding hydrogens is 524 g/mol. The van der Waals surface area contributed by atoms with Gasteiger partial charge >= 0.3 is 5.97 Å². The second-order valence-corrected chi connectivity index (χ2v) is 9.43. The zero-order chi connectivity index (χ0) is 30.4. The molecule has 40 heavy (non-hydrogen) atoms. The molecule has 0 aromatic heterocycles. The number of phenolic OH excluding ortho intramolecular Hbond substituents is 1. The summed E-state index contributed by atoms with van der Waals surface area (Å²) in [7, 11) is 0. The van der Waals surface area contributed by atoms with Crippen LogP contribution in [0.15, 0.2) is 29.3 Å². The van der Waals surface area contributed by atoms with Gasteiger partial charge in [0.25, 0.3) is 0 Å². The van der Waals surface area contributed by atoms with Crippen molar-refractivity contribution in [2.45, 2.75) is 70.1 Å². The van der Waals surface area contributed by atoms with Gasteiger partial charge in [-0.2, -0.15) is 0 Å². The summed E-state index contributed by atoms with van der Waals surface area (Å²) in [4.78, 5) is 66.1. The Morgan fingerprint density at radius 2 is 1.50 bits per heavy atom. The minimum Gasteiger partial charge on any atom is -0.508 e. The number of aromatic hydroxyl groups is 1. The zero-order valence-corrected chi connectivity index (χ0v) is 22.6. The topological polar surface area (TPSA) is 278 Å². The second kappa shape index (κ2) is 16.5. The number of phenols is 1. The minimum absolute atomic E-state index is 0.0375. The highest BCUT2D eigenvalue weighted by molar-refractivity contribution is 5.96. The number of nitrogens with one attached hydrogen (secondary N) is 3. The van der Waals surface area contributed by atoms with Crippen LogP contribution < -0.4 is 38.9 Å². The summed E-state index contributed by atoms with van der Waals surface area (Å²) in [6.45, 7) is 3.52. The molecule has 0 saturated carbocycles. The Morgan fingerprint density at radius 1 is 0.925 bits per heavy atom. The first-order chi connectivity index (χ1) is 18.7. The summed E-state index contributed by atoms with van der Waals surface area (Å²) in [5.41, 5.74) is 22.6. The number of amides is 4. The van der Waals surface area contributed by atoms with Gasteiger partial charge in [0.2, 0.25) is 23.6 Å². The number of hydrogen-bond donors (Lipinski definition) is 9. The third kappa shape index (κ3) is 12.0. The second-order valence-electron chi connectivity index (χ2n) is 9.43. The number of carbonyl (C=O) groups is 5. The van der Waals surface area contributed by atoms with Gasteiger partial charge in [-0.05, 0) is 42.9 Å². The normalized spacial score (nSPS) is 14.5. The monoisotopic (exact) mass is 564 g/mol. The standard InChI is InChI=1S/C25H40N8O7/c1-3-13(2)20(24(39)40)33-23(38)18(12-19(27)35)32-22(37)17(5-4-10-30-25(28)29)31-21(36)16(26)11-14-6-8-15(34)9-7-14/h6-9,13,16-18,20,34H,3-5,10-12,26H2,1-2H3,(H2,27,35)(H,31,36)(H,32,37)(H,33,38)(H,39,40)(H4,28,29,30). The molecule has 5 atom stereocenters. The predicted octanol–water partition coefficient (Wildman–Crippen LogP) is -2.22. The highest BCUT2D eigenvalue weighted by Gasteiger charge is 2.32. The molecule has 222 valence electrons. The van der Waals surface area contributed by atoms with Crippen LogP contribution in [0.3, 0.4) is 0 Å². The van der Waals surface area contributed by atoms with E-state index in [4.69, 9.17) is 22.9 Å². The number of carboxylic acids is 1. The third-order valence-electron chi connectivity index (χ3n) is 6.12. The maximum Gasteiger partial charge on any atom is 0.326 e. The smallest absolute Gasteiger partial charge is 0.326 e. The quantitative estimate of drug-likeness (QED) is 0.0558. The Labute approximate surface area is 232 Å². The van der Waals surface area contributed by atoms with Crippen molar-refractivity contribution in [3.63, 3.8) is 0 Å². The Bertz CT molecular complexity index is 1060. The lowest BCUT2D eigenvalue weighted by Crippen LogP contribution is -2.58. The van der Waals surface area contributed by atoms with E-state index in [2.05, 4.69) is 20.9 Å². The molecule has 0 aliphatic carbocycles. The van der Waals surface area contributed by atoms with Crippen LogP contribution in [0, 0.1) is 5.92 Å². The molecule has 15 heteroatoms. The van der Waals surface area contributed by atoms with Crippen LogP contribution in [0.5, 0.6) is 5.75 Å². The Morgan fingerprint density at radius 3 is 2.02 bits per heavy atom. The van der Waals surface area contributed by atoms with Gasteiger partial charge in [-0.1, -0.05) is 32.4 Å². The van der Waals surface area contributed by atoms with Crippen molar-refractivity contribution < 1.29 is 34.2 Å². The van der Waals surface area contributed by atoms with E-state index in [-0.39, 0.29) is 37.5 Å². The number of carbonyl (C=O) groups excluding carboxylic acids is 4. The van der Waals surface area contributed by atoms with Crippen LogP contribution in [0.1, 0.15) is 45.1 Å². The van der Waals surface area contributed by atoms with Crippen molar-refractivity contribution in [1.82, 2.24) is 16.0 Å². The van der Waals surface area contributed by atoms with Gasteiger partial charge in [0.15, 0.2) is 5.96 Å². The third-order valence-corrected chi connectivity index (χ3v) is 6.12. The Hall–Kier alpha value is -4.40. The predicted molar refractivity (Wildman–Crippen MR) is 146 cm³/mol. The fourth-order valence-corrected chi connectivity index (χ4v) is 3.65. The molecule has 1 aromatic rings. The molecule has 0 bridgehead atoms. The molecule has 5 unspecified atom stereocenters. The van der Waals surface area contributed by atoms with Crippen LogP contribution in [0.25, 0.3) is 0 Å². The molecule has 0 fully saturated rings. The van der Waals surface area contributed by atoms with E-state index >= 15 is 0 Å². The van der Waals surface area contributed by atoms with Crippen molar-refractivity contribution in [3.8, 4) is 5.75 Å². The Kier molecular flexibility index (Phi) is 13.9. The fraction of sp³-hybridized carbons (Fsp3) is 0.520. The molecule has 1 aromatic carbocycles. The van der Waals surface area contributed by atoms with Crippen molar-refractivity contribution in [2.75, 3.05) is 6.54 Å². The van der Waals surface area contributed by atoms with Crippen LogP contribution in [-0.2, 0) is 30.4 Å². The molecular formula is C25H40N8O7. The lowest BCUT2D eigenvalue weighted by atomic mass is 9.98. The summed E-state index contributed by atoms with van der Waals surface area (Å²) in [6.07, 6.45) is 0.228. The van der Waals surface area contributed by atoms with E-state index in [9.17, 15) is 34.2 Å². The zero-order valence-electron chi connectivity index (χ0n) is 22.6. The number of carboxylic acid groups (broad SMARTS) is 1. The minimum atomic E-state index is -1.50. The van der Waals surface area contributed by atoms with E-state index in [0.29, 0.717) is 12.0 Å². The van der Waals surface area contributed by atoms with Gasteiger partial charge in [0, 0.05) is 6.54 Å². The number of nitrogens with two attached hydrogens (primary N) is 4. The molecule has 1 rings (SSSR count). The number of nitrogens with zero attached hydrogens (tertiary/aromatic N) is 1. The first kappa shape index (κ1) is 33.6. The summed E-state index contributed by atoms with van der Waals surface area (Å²) in [5, 5.41) is 26.2. The SMILES string of the molecule is CCC(C)C(NC(=O)C(CC(N)=O)NC(=O)C(CCCN=C(N)N)NC(=O)C(N)Cc1ccc(O)cc1)C(=O)O. The lowest BCUT2D eigenvalue weighted by Gasteiger charge is -2.26. The summed E-state index contributed by atoms with van der Waals surface area (Å²) >= 11 is 0. The van der Waals surface area contributed by atoms with Gasteiger partial charge in [0.1, 0.15) is 23.9 Å². The molecule has 0 radical (unpaired) electrons. The van der Waals surface area contributed by atoms with Gasteiger partial charge < -0.3 is 49.1 Å². The first-order valence-corrected chi connectivity index (χ1v) is 12.8. The highest BCUT2D eigenvalue weighted by atomic mass is 16.4. The lowest BCUT2D eigenvalue weighted by molar-refractivity contribution is -0.144. The average molecular weight is 565 g/mol. The van der Waals surface area contributed by atoms with Gasteiger partial charge in [-0.25, -0.2) is 4.79 Å². The molecule has 0 saturated heterocycles. The fourth-order valence-electron chi connectivity index (χ4n) is 3.65. The van der Waals surface area contributed by atoms with E-state index < -0.39 is 66.1 Å². The van der Waals surface area contributed by atoms with Crippen LogP contribution >= 0.6 is 0 Å². The number of benzene rings is 1.